The molecule has 0 saturated carbocycles. The summed E-state index contributed by atoms with van der Waals surface area (Å²) in [5.41, 5.74) is 0.150. The number of aliphatic hydroxyl groups is 1. The molecule has 2 unspecified atom stereocenters. The molecule has 1 aliphatic carbocycles. The van der Waals surface area contributed by atoms with E-state index in [9.17, 15) is 14.7 Å². The largest absolute Gasteiger partial charge is 0.460 e. The molecule has 4 heteroatoms. The standard InChI is InChI=1S/C18H28O4/c1-13(15(20)11-16(21)22-17(2,3)4)7-6-9-18(5)10-8-14(19)12-18/h7-8,10,15,20H,6,9,11-12H2,1-5H3/b13-7+. The van der Waals surface area contributed by atoms with Gasteiger partial charge in [-0.15, -0.1) is 0 Å². The minimum atomic E-state index is -0.816. The van der Waals surface area contributed by atoms with E-state index in [0.717, 1.165) is 18.4 Å². The lowest BCUT2D eigenvalue weighted by molar-refractivity contribution is -0.156. The van der Waals surface area contributed by atoms with Crippen LogP contribution in [0.3, 0.4) is 0 Å². The van der Waals surface area contributed by atoms with E-state index in [1.807, 2.05) is 19.1 Å². The van der Waals surface area contributed by atoms with Crippen LogP contribution in [0.4, 0.5) is 0 Å². The number of hydrogen-bond acceptors (Lipinski definition) is 4. The second-order valence-corrected chi connectivity index (χ2v) is 7.42. The minimum Gasteiger partial charge on any atom is -0.460 e. The van der Waals surface area contributed by atoms with Crippen LogP contribution >= 0.6 is 0 Å². The maximum Gasteiger partial charge on any atom is 0.309 e. The van der Waals surface area contributed by atoms with Gasteiger partial charge in [-0.1, -0.05) is 19.1 Å². The van der Waals surface area contributed by atoms with Crippen molar-refractivity contribution in [2.45, 2.75) is 72.0 Å². The number of carbonyl (C=O) groups excluding carboxylic acids is 2. The van der Waals surface area contributed by atoms with Crippen molar-refractivity contribution < 1.29 is 19.4 Å². The van der Waals surface area contributed by atoms with Crippen molar-refractivity contribution in [1.29, 1.82) is 0 Å². The topological polar surface area (TPSA) is 63.6 Å². The lowest BCUT2D eigenvalue weighted by atomic mass is 9.84. The number of hydrogen-bond donors (Lipinski definition) is 1. The van der Waals surface area contributed by atoms with Crippen LogP contribution in [0, 0.1) is 5.41 Å². The molecule has 0 fully saturated rings. The highest BCUT2D eigenvalue weighted by molar-refractivity contribution is 5.92. The van der Waals surface area contributed by atoms with E-state index in [-0.39, 0.29) is 17.6 Å². The van der Waals surface area contributed by atoms with Crippen molar-refractivity contribution in [1.82, 2.24) is 0 Å². The van der Waals surface area contributed by atoms with Gasteiger partial charge in [0.1, 0.15) is 5.60 Å². The molecule has 0 spiro atoms. The first kappa shape index (κ1) is 18.6. The van der Waals surface area contributed by atoms with Crippen LogP contribution in [0.25, 0.3) is 0 Å². The molecule has 2 atom stereocenters. The molecular formula is C18H28O4. The predicted octanol–water partition coefficient (Wildman–Crippen LogP) is 3.34. The third-order valence-electron chi connectivity index (χ3n) is 3.74. The molecule has 4 nitrogen and oxygen atoms in total. The van der Waals surface area contributed by atoms with Crippen molar-refractivity contribution in [2.24, 2.45) is 5.41 Å². The fraction of sp³-hybridized carbons (Fsp3) is 0.667. The van der Waals surface area contributed by atoms with Crippen LogP contribution in [-0.4, -0.2) is 28.6 Å². The molecule has 0 radical (unpaired) electrons. The Labute approximate surface area is 133 Å². The number of rotatable bonds is 6. The van der Waals surface area contributed by atoms with Crippen LogP contribution in [0.2, 0.25) is 0 Å². The summed E-state index contributed by atoms with van der Waals surface area (Å²) in [6.45, 7) is 9.28. The van der Waals surface area contributed by atoms with E-state index in [1.54, 1.807) is 26.8 Å². The molecule has 1 N–H and O–H groups in total. The number of carbonyl (C=O) groups is 2. The summed E-state index contributed by atoms with van der Waals surface area (Å²) >= 11 is 0. The van der Waals surface area contributed by atoms with Crippen molar-refractivity contribution in [2.75, 3.05) is 0 Å². The highest BCUT2D eigenvalue weighted by Crippen LogP contribution is 2.34. The van der Waals surface area contributed by atoms with Crippen LogP contribution in [0.15, 0.2) is 23.8 Å². The van der Waals surface area contributed by atoms with Gasteiger partial charge in [0.15, 0.2) is 5.78 Å². The Morgan fingerprint density at radius 3 is 2.64 bits per heavy atom. The average Bonchev–Trinajstić information content (AvgIpc) is 2.66. The Bertz CT molecular complexity index is 482. The van der Waals surface area contributed by atoms with Gasteiger partial charge < -0.3 is 9.84 Å². The van der Waals surface area contributed by atoms with Gasteiger partial charge in [-0.2, -0.15) is 0 Å². The normalized spacial score (nSPS) is 23.7. The molecule has 0 aliphatic heterocycles. The summed E-state index contributed by atoms with van der Waals surface area (Å²) < 4.78 is 5.20. The Balaban J connectivity index is 2.43. The monoisotopic (exact) mass is 308 g/mol. The first-order valence-electron chi connectivity index (χ1n) is 7.79. The van der Waals surface area contributed by atoms with Gasteiger partial charge in [0.2, 0.25) is 0 Å². The quantitative estimate of drug-likeness (QED) is 0.604. The number of esters is 1. The Morgan fingerprint density at radius 1 is 1.50 bits per heavy atom. The Morgan fingerprint density at radius 2 is 2.14 bits per heavy atom. The van der Waals surface area contributed by atoms with E-state index < -0.39 is 17.7 Å². The first-order valence-corrected chi connectivity index (χ1v) is 7.79. The summed E-state index contributed by atoms with van der Waals surface area (Å²) in [4.78, 5) is 23.0. The number of aliphatic hydroxyl groups excluding tert-OH is 1. The first-order chi connectivity index (χ1) is 10.0. The van der Waals surface area contributed by atoms with E-state index in [0.29, 0.717) is 6.42 Å². The summed E-state index contributed by atoms with van der Waals surface area (Å²) in [7, 11) is 0. The zero-order chi connectivity index (χ0) is 17.0. The van der Waals surface area contributed by atoms with Crippen molar-refractivity contribution in [3.05, 3.63) is 23.8 Å². The lowest BCUT2D eigenvalue weighted by Crippen LogP contribution is -2.26. The van der Waals surface area contributed by atoms with Gasteiger partial charge in [-0.25, -0.2) is 0 Å². The Kier molecular flexibility index (Phi) is 6.12. The fourth-order valence-electron chi connectivity index (χ4n) is 2.45. The van der Waals surface area contributed by atoms with E-state index >= 15 is 0 Å². The third-order valence-corrected chi connectivity index (χ3v) is 3.74. The second kappa shape index (κ2) is 7.23. The molecule has 1 rings (SSSR count). The molecule has 0 saturated heterocycles. The smallest absolute Gasteiger partial charge is 0.309 e. The summed E-state index contributed by atoms with van der Waals surface area (Å²) in [5.74, 6) is -0.225. The summed E-state index contributed by atoms with van der Waals surface area (Å²) in [5, 5.41) is 10.0. The number of ketones is 1. The number of allylic oxidation sites excluding steroid dienone is 3. The molecule has 1 aliphatic rings. The van der Waals surface area contributed by atoms with E-state index in [4.69, 9.17) is 4.74 Å². The van der Waals surface area contributed by atoms with Gasteiger partial charge >= 0.3 is 5.97 Å². The maximum atomic E-state index is 11.7. The predicted molar refractivity (Wildman–Crippen MR) is 86.3 cm³/mol. The van der Waals surface area contributed by atoms with Crippen molar-refractivity contribution in [3.63, 3.8) is 0 Å². The van der Waals surface area contributed by atoms with Gasteiger partial charge in [-0.3, -0.25) is 9.59 Å². The van der Waals surface area contributed by atoms with Gasteiger partial charge in [0, 0.05) is 6.42 Å². The Hall–Kier alpha value is -1.42. The SMILES string of the molecule is C/C(=C\CCC1(C)C=CC(=O)C1)C(O)CC(=O)OC(C)(C)C. The zero-order valence-corrected chi connectivity index (χ0v) is 14.3. The zero-order valence-electron chi connectivity index (χ0n) is 14.3. The van der Waals surface area contributed by atoms with Crippen LogP contribution in [0.1, 0.15) is 60.3 Å². The molecule has 22 heavy (non-hydrogen) atoms. The van der Waals surface area contributed by atoms with Crippen molar-refractivity contribution >= 4 is 11.8 Å². The molecule has 0 heterocycles. The highest BCUT2D eigenvalue weighted by Gasteiger charge is 2.28. The minimum absolute atomic E-state index is 0.0325. The molecule has 124 valence electrons. The molecule has 0 aromatic rings. The maximum absolute atomic E-state index is 11.7. The number of ether oxygens (including phenoxy) is 1. The summed E-state index contributed by atoms with van der Waals surface area (Å²) in [6, 6.07) is 0. The molecule has 0 amide bonds. The average molecular weight is 308 g/mol. The van der Waals surface area contributed by atoms with E-state index in [1.165, 1.54) is 0 Å². The highest BCUT2D eigenvalue weighted by atomic mass is 16.6. The molecule has 0 aromatic carbocycles. The summed E-state index contributed by atoms with van der Waals surface area (Å²) in [6.07, 6.45) is 6.89. The molecule has 0 bridgehead atoms. The lowest BCUT2D eigenvalue weighted by Gasteiger charge is -2.21. The van der Waals surface area contributed by atoms with E-state index in [2.05, 4.69) is 6.92 Å². The molecular weight excluding hydrogens is 280 g/mol. The van der Waals surface area contributed by atoms with Crippen LogP contribution in [0.5, 0.6) is 0 Å². The van der Waals surface area contributed by atoms with Gasteiger partial charge in [-0.05, 0) is 57.6 Å². The second-order valence-electron chi connectivity index (χ2n) is 7.42. The van der Waals surface area contributed by atoms with Crippen molar-refractivity contribution in [3.8, 4) is 0 Å². The third kappa shape index (κ3) is 6.56. The van der Waals surface area contributed by atoms with Crippen LogP contribution in [-0.2, 0) is 14.3 Å². The fourth-order valence-corrected chi connectivity index (χ4v) is 2.45. The molecule has 0 aromatic heterocycles. The van der Waals surface area contributed by atoms with Gasteiger partial charge in [0.05, 0.1) is 12.5 Å². The van der Waals surface area contributed by atoms with Crippen LogP contribution < -0.4 is 0 Å². The van der Waals surface area contributed by atoms with Gasteiger partial charge in [0.25, 0.3) is 0 Å².